The molecule has 0 saturated carbocycles. The van der Waals surface area contributed by atoms with Crippen LogP contribution in [0.15, 0.2) is 36.4 Å². The molecule has 2 aliphatic heterocycles. The van der Waals surface area contributed by atoms with Gasteiger partial charge in [0.15, 0.2) is 0 Å². The summed E-state index contributed by atoms with van der Waals surface area (Å²) in [6.45, 7) is 4.22. The molecule has 2 aliphatic rings. The van der Waals surface area contributed by atoms with Gasteiger partial charge in [0.25, 0.3) is 0 Å². The van der Waals surface area contributed by atoms with Crippen LogP contribution in [0.3, 0.4) is 0 Å². The first kappa shape index (κ1) is 23.4. The monoisotopic (exact) mass is 427 g/mol. The zero-order valence-electron chi connectivity index (χ0n) is 16.4. The fraction of sp³-hybridized carbons (Fsp3) is 0.450. The molecule has 2 amide bonds. The highest BCUT2D eigenvalue weighted by Crippen LogP contribution is 2.22. The molecular weight excluding hydrogens is 403 g/mol. The van der Waals surface area contributed by atoms with Gasteiger partial charge in [0.05, 0.1) is 6.04 Å². The van der Waals surface area contributed by atoms with Crippen molar-refractivity contribution in [3.05, 3.63) is 47.5 Å². The number of nitrogens with one attached hydrogen (secondary N) is 2. The molecule has 2 heterocycles. The molecule has 0 aliphatic carbocycles. The third kappa shape index (κ3) is 6.58. The van der Waals surface area contributed by atoms with Crippen LogP contribution in [-0.4, -0.2) is 52.6 Å². The van der Waals surface area contributed by atoms with Crippen molar-refractivity contribution in [3.8, 4) is 0 Å². The molecule has 1 fully saturated rings. The number of carbonyl (C=O) groups is 3. The van der Waals surface area contributed by atoms with Gasteiger partial charge in [-0.2, -0.15) is 13.2 Å². The highest BCUT2D eigenvalue weighted by molar-refractivity contribution is 5.88. The maximum Gasteiger partial charge on any atom is 0.490 e. The van der Waals surface area contributed by atoms with E-state index in [0.717, 1.165) is 19.4 Å². The Hall–Kier alpha value is -2.88. The summed E-state index contributed by atoms with van der Waals surface area (Å²) >= 11 is 0. The predicted molar refractivity (Wildman–Crippen MR) is 102 cm³/mol. The van der Waals surface area contributed by atoms with Gasteiger partial charge in [0.2, 0.25) is 11.8 Å². The first-order chi connectivity index (χ1) is 14.1. The molecular formula is C20H24F3N3O4. The van der Waals surface area contributed by atoms with Gasteiger partial charge in [0, 0.05) is 25.2 Å². The fourth-order valence-electron chi connectivity index (χ4n) is 2.87. The Morgan fingerprint density at radius 3 is 2.20 bits per heavy atom. The van der Waals surface area contributed by atoms with E-state index >= 15 is 0 Å². The quantitative estimate of drug-likeness (QED) is 0.625. The van der Waals surface area contributed by atoms with Gasteiger partial charge in [-0.25, -0.2) is 4.79 Å². The number of benzene rings is 1. The van der Waals surface area contributed by atoms with E-state index in [2.05, 4.69) is 22.8 Å². The van der Waals surface area contributed by atoms with E-state index in [1.807, 2.05) is 30.0 Å². The van der Waals surface area contributed by atoms with Gasteiger partial charge in [-0.3, -0.25) is 9.59 Å². The van der Waals surface area contributed by atoms with E-state index in [-0.39, 0.29) is 23.9 Å². The van der Waals surface area contributed by atoms with Crippen LogP contribution in [0.4, 0.5) is 13.2 Å². The molecule has 3 rings (SSSR count). The summed E-state index contributed by atoms with van der Waals surface area (Å²) in [6.07, 6.45) is -0.0319. The van der Waals surface area contributed by atoms with Crippen molar-refractivity contribution in [1.82, 2.24) is 15.5 Å². The number of aliphatic carboxylic acids is 1. The van der Waals surface area contributed by atoms with Gasteiger partial charge in [-0.1, -0.05) is 37.3 Å². The summed E-state index contributed by atoms with van der Waals surface area (Å²) in [5, 5.41) is 13.2. The minimum absolute atomic E-state index is 0.00401. The zero-order chi connectivity index (χ0) is 22.3. The first-order valence-electron chi connectivity index (χ1n) is 9.49. The fourth-order valence-corrected chi connectivity index (χ4v) is 2.87. The number of rotatable bonds is 5. The van der Waals surface area contributed by atoms with E-state index in [4.69, 9.17) is 9.90 Å². The number of carbonyl (C=O) groups excluding carboxylic acids is 2. The molecule has 3 N–H and O–H groups in total. The average Bonchev–Trinajstić information content (AvgIpc) is 3.07. The maximum absolute atomic E-state index is 12.3. The molecule has 0 aromatic heterocycles. The van der Waals surface area contributed by atoms with Crippen molar-refractivity contribution in [2.75, 3.05) is 6.54 Å². The maximum atomic E-state index is 12.3. The Morgan fingerprint density at radius 2 is 1.80 bits per heavy atom. The van der Waals surface area contributed by atoms with Crippen molar-refractivity contribution in [2.45, 2.75) is 51.1 Å². The smallest absolute Gasteiger partial charge is 0.475 e. The lowest BCUT2D eigenvalue weighted by molar-refractivity contribution is -0.192. The van der Waals surface area contributed by atoms with Gasteiger partial charge < -0.3 is 20.6 Å². The van der Waals surface area contributed by atoms with E-state index in [0.29, 0.717) is 13.1 Å². The van der Waals surface area contributed by atoms with Crippen LogP contribution in [0.2, 0.25) is 0 Å². The number of carboxylic acids is 1. The molecule has 0 unspecified atom stereocenters. The van der Waals surface area contributed by atoms with Crippen LogP contribution in [0.1, 0.15) is 30.9 Å². The van der Waals surface area contributed by atoms with E-state index in [1.165, 1.54) is 11.1 Å². The van der Waals surface area contributed by atoms with E-state index in [9.17, 15) is 22.8 Å². The van der Waals surface area contributed by atoms with Crippen molar-refractivity contribution in [3.63, 3.8) is 0 Å². The summed E-state index contributed by atoms with van der Waals surface area (Å²) in [5.74, 6) is -2.74. The summed E-state index contributed by atoms with van der Waals surface area (Å²) in [4.78, 5) is 35.0. The van der Waals surface area contributed by atoms with Crippen molar-refractivity contribution in [1.29, 1.82) is 0 Å². The molecule has 2 atom stereocenters. The van der Waals surface area contributed by atoms with Crippen molar-refractivity contribution >= 4 is 17.8 Å². The Kier molecular flexibility index (Phi) is 7.99. The number of hydrogen-bond donors (Lipinski definition) is 3. The molecule has 10 heteroatoms. The summed E-state index contributed by atoms with van der Waals surface area (Å²) in [5.41, 5.74) is 2.43. The lowest BCUT2D eigenvalue weighted by Crippen LogP contribution is -2.54. The van der Waals surface area contributed by atoms with Gasteiger partial charge in [-0.05, 0) is 30.5 Å². The SMILES string of the molecule is CC[C@@H](/C=C/C(=O)N1Cc2ccccc2C1)NC(=O)[C@@H]1CCN1.O=C(O)C(F)(F)F. The van der Waals surface area contributed by atoms with Crippen LogP contribution in [0.5, 0.6) is 0 Å². The number of halogens is 3. The van der Waals surface area contributed by atoms with Crippen LogP contribution < -0.4 is 10.6 Å². The lowest BCUT2D eigenvalue weighted by atomic mass is 10.1. The highest BCUT2D eigenvalue weighted by Gasteiger charge is 2.38. The Morgan fingerprint density at radius 1 is 1.27 bits per heavy atom. The summed E-state index contributed by atoms with van der Waals surface area (Å²) in [7, 11) is 0. The van der Waals surface area contributed by atoms with Gasteiger partial charge in [0.1, 0.15) is 0 Å². The lowest BCUT2D eigenvalue weighted by Gasteiger charge is -2.27. The molecule has 1 aromatic rings. The molecule has 0 radical (unpaired) electrons. The Bertz CT molecular complexity index is 782. The standard InChI is InChI=1S/C18H23N3O2.C2HF3O2/c1-2-15(20-18(23)16-9-10-19-16)7-8-17(22)21-11-13-5-3-4-6-14(13)12-21;3-2(4,5)1(6)7/h3-8,15-16,19H,2,9-12H2,1H3,(H,20,23);(H,6,7)/b8-7+;/t15-,16-;/m0./s1. The summed E-state index contributed by atoms with van der Waals surface area (Å²) < 4.78 is 31.7. The first-order valence-corrected chi connectivity index (χ1v) is 9.49. The molecule has 1 aromatic carbocycles. The number of fused-ring (bicyclic) bond motifs is 1. The second-order valence-electron chi connectivity index (χ2n) is 6.94. The normalized spacial score (nSPS) is 18.7. The van der Waals surface area contributed by atoms with Crippen LogP contribution in [0.25, 0.3) is 0 Å². The van der Waals surface area contributed by atoms with Crippen LogP contribution >= 0.6 is 0 Å². The van der Waals surface area contributed by atoms with Crippen molar-refractivity contribution in [2.24, 2.45) is 0 Å². The van der Waals surface area contributed by atoms with E-state index in [1.54, 1.807) is 6.08 Å². The summed E-state index contributed by atoms with van der Waals surface area (Å²) in [6, 6.07) is 7.96. The minimum Gasteiger partial charge on any atom is -0.475 e. The Balaban J connectivity index is 0.000000396. The van der Waals surface area contributed by atoms with Gasteiger partial charge >= 0.3 is 12.1 Å². The minimum atomic E-state index is -5.08. The van der Waals surface area contributed by atoms with Gasteiger partial charge in [-0.15, -0.1) is 0 Å². The molecule has 1 saturated heterocycles. The van der Waals surface area contributed by atoms with Crippen LogP contribution in [0, 0.1) is 0 Å². The molecule has 0 spiro atoms. The average molecular weight is 427 g/mol. The molecule has 0 bridgehead atoms. The number of alkyl halides is 3. The molecule has 30 heavy (non-hydrogen) atoms. The zero-order valence-corrected chi connectivity index (χ0v) is 16.4. The highest BCUT2D eigenvalue weighted by atomic mass is 19.4. The largest absolute Gasteiger partial charge is 0.490 e. The number of carboxylic acid groups (broad SMARTS) is 1. The molecule has 164 valence electrons. The second-order valence-corrected chi connectivity index (χ2v) is 6.94. The van der Waals surface area contributed by atoms with E-state index < -0.39 is 12.1 Å². The topological polar surface area (TPSA) is 98.7 Å². The second kappa shape index (κ2) is 10.2. The predicted octanol–water partition coefficient (Wildman–Crippen LogP) is 1.97. The van der Waals surface area contributed by atoms with Crippen LogP contribution in [-0.2, 0) is 27.5 Å². The van der Waals surface area contributed by atoms with Crippen molar-refractivity contribution < 1.29 is 32.7 Å². The number of hydrogen-bond acceptors (Lipinski definition) is 4. The third-order valence-electron chi connectivity index (χ3n) is 4.77. The Labute approximate surface area is 171 Å². The molecule has 7 nitrogen and oxygen atoms in total. The number of nitrogens with zero attached hydrogens (tertiary/aromatic N) is 1. The number of amides is 2. The third-order valence-corrected chi connectivity index (χ3v) is 4.77.